The van der Waals surface area contributed by atoms with Crippen molar-refractivity contribution in [2.45, 2.75) is 33.7 Å². The van der Waals surface area contributed by atoms with Crippen molar-refractivity contribution in [3.05, 3.63) is 33.8 Å². The Balaban J connectivity index is 3.08. The van der Waals surface area contributed by atoms with E-state index in [0.717, 1.165) is 22.1 Å². The zero-order valence-corrected chi connectivity index (χ0v) is 11.8. The van der Waals surface area contributed by atoms with Gasteiger partial charge in [0.2, 0.25) is 0 Å². The van der Waals surface area contributed by atoms with Crippen LogP contribution in [0.1, 0.15) is 36.7 Å². The number of amides is 1. The number of hydrogen-bond acceptors (Lipinski definition) is 1. The van der Waals surface area contributed by atoms with Gasteiger partial charge in [-0.25, -0.2) is 0 Å². The van der Waals surface area contributed by atoms with Crippen LogP contribution in [0.2, 0.25) is 0 Å². The average molecular weight is 284 g/mol. The molecule has 1 amide bonds. The Morgan fingerprint density at radius 1 is 1.44 bits per heavy atom. The molecule has 1 aromatic rings. The average Bonchev–Trinajstić information content (AvgIpc) is 2.22. The lowest BCUT2D eigenvalue weighted by molar-refractivity contribution is 0.0716. The van der Waals surface area contributed by atoms with Gasteiger partial charge in [-0.2, -0.15) is 0 Å². The first-order valence-electron chi connectivity index (χ1n) is 5.54. The van der Waals surface area contributed by atoms with Crippen LogP contribution in [0.3, 0.4) is 0 Å². The molecule has 0 bridgehead atoms. The monoisotopic (exact) mass is 283 g/mol. The molecule has 0 N–H and O–H groups in total. The van der Waals surface area contributed by atoms with E-state index in [0.29, 0.717) is 0 Å². The first-order valence-corrected chi connectivity index (χ1v) is 6.33. The summed E-state index contributed by atoms with van der Waals surface area (Å²) in [5.41, 5.74) is 1.85. The third-order valence-corrected chi connectivity index (χ3v) is 3.27. The van der Waals surface area contributed by atoms with Gasteiger partial charge in [0.15, 0.2) is 0 Å². The lowest BCUT2D eigenvalue weighted by Gasteiger charge is -2.25. The van der Waals surface area contributed by atoms with Gasteiger partial charge in [0.1, 0.15) is 0 Å². The number of aryl methyl sites for hydroxylation is 1. The Labute approximate surface area is 106 Å². The van der Waals surface area contributed by atoms with Crippen molar-refractivity contribution in [1.29, 1.82) is 0 Å². The molecule has 88 valence electrons. The number of benzene rings is 1. The summed E-state index contributed by atoms with van der Waals surface area (Å²) >= 11 is 3.43. The van der Waals surface area contributed by atoms with Crippen LogP contribution >= 0.6 is 15.9 Å². The fourth-order valence-corrected chi connectivity index (χ4v) is 2.12. The van der Waals surface area contributed by atoms with Crippen molar-refractivity contribution in [3.63, 3.8) is 0 Å². The van der Waals surface area contributed by atoms with Crippen molar-refractivity contribution in [3.8, 4) is 0 Å². The zero-order chi connectivity index (χ0) is 12.3. The predicted molar refractivity (Wildman–Crippen MR) is 70.7 cm³/mol. The third kappa shape index (κ3) is 2.85. The van der Waals surface area contributed by atoms with Gasteiger partial charge in [-0.3, -0.25) is 4.79 Å². The van der Waals surface area contributed by atoms with Gasteiger partial charge in [0, 0.05) is 17.1 Å². The minimum absolute atomic E-state index is 0.0908. The molecular formula is C13H18BrNO. The van der Waals surface area contributed by atoms with Crippen LogP contribution in [-0.2, 0) is 0 Å². The van der Waals surface area contributed by atoms with Crippen molar-refractivity contribution in [1.82, 2.24) is 4.90 Å². The molecule has 0 fully saturated rings. The van der Waals surface area contributed by atoms with Crippen molar-refractivity contribution >= 4 is 21.8 Å². The second-order valence-electron chi connectivity index (χ2n) is 4.17. The minimum atomic E-state index is 0.0908. The molecule has 0 radical (unpaired) electrons. The molecule has 1 rings (SSSR count). The van der Waals surface area contributed by atoms with E-state index in [1.807, 2.05) is 50.8 Å². The molecule has 0 aromatic heterocycles. The van der Waals surface area contributed by atoms with E-state index in [9.17, 15) is 4.79 Å². The third-order valence-electron chi connectivity index (χ3n) is 2.58. The van der Waals surface area contributed by atoms with Crippen LogP contribution in [0.15, 0.2) is 22.7 Å². The fourth-order valence-electron chi connectivity index (χ4n) is 1.70. The van der Waals surface area contributed by atoms with Crippen molar-refractivity contribution in [2.75, 3.05) is 6.54 Å². The second kappa shape index (κ2) is 5.48. The Bertz CT molecular complexity index is 388. The molecule has 0 saturated heterocycles. The molecule has 1 aromatic carbocycles. The van der Waals surface area contributed by atoms with Gasteiger partial charge in [0.25, 0.3) is 5.91 Å². The van der Waals surface area contributed by atoms with Gasteiger partial charge < -0.3 is 4.90 Å². The van der Waals surface area contributed by atoms with Crippen LogP contribution < -0.4 is 0 Å². The normalized spacial score (nSPS) is 10.6. The number of hydrogen-bond donors (Lipinski definition) is 0. The topological polar surface area (TPSA) is 20.3 Å². The van der Waals surface area contributed by atoms with E-state index in [2.05, 4.69) is 15.9 Å². The molecule has 0 spiro atoms. The van der Waals surface area contributed by atoms with Crippen LogP contribution in [0.5, 0.6) is 0 Å². The molecule has 0 aliphatic heterocycles. The summed E-state index contributed by atoms with van der Waals surface area (Å²) in [6.07, 6.45) is 0. The Kier molecular flexibility index (Phi) is 4.54. The maximum absolute atomic E-state index is 12.3. The molecule has 16 heavy (non-hydrogen) atoms. The lowest BCUT2D eigenvalue weighted by atomic mass is 10.1. The molecule has 2 nitrogen and oxygen atoms in total. The van der Waals surface area contributed by atoms with Crippen molar-refractivity contribution in [2.24, 2.45) is 0 Å². The number of halogens is 1. The molecule has 0 saturated carbocycles. The number of carbonyl (C=O) groups excluding carboxylic acids is 1. The Hall–Kier alpha value is -0.830. The molecule has 0 heterocycles. The van der Waals surface area contributed by atoms with Gasteiger partial charge in [-0.15, -0.1) is 0 Å². The van der Waals surface area contributed by atoms with Gasteiger partial charge in [-0.05, 0) is 55.8 Å². The Morgan fingerprint density at radius 3 is 2.56 bits per heavy atom. The molecule has 3 heteroatoms. The largest absolute Gasteiger partial charge is 0.336 e. The SMILES string of the molecule is CCN(C(=O)c1cc(C)ccc1Br)C(C)C. The summed E-state index contributed by atoms with van der Waals surface area (Å²) in [6.45, 7) is 8.80. The van der Waals surface area contributed by atoms with E-state index >= 15 is 0 Å². The molecule has 0 atom stereocenters. The fraction of sp³-hybridized carbons (Fsp3) is 0.462. The first kappa shape index (κ1) is 13.2. The van der Waals surface area contributed by atoms with Crippen LogP contribution in [0.4, 0.5) is 0 Å². The zero-order valence-electron chi connectivity index (χ0n) is 10.2. The van der Waals surface area contributed by atoms with Crippen LogP contribution in [0, 0.1) is 6.92 Å². The van der Waals surface area contributed by atoms with E-state index in [4.69, 9.17) is 0 Å². The van der Waals surface area contributed by atoms with Gasteiger partial charge >= 0.3 is 0 Å². The number of nitrogens with zero attached hydrogens (tertiary/aromatic N) is 1. The highest BCUT2D eigenvalue weighted by Crippen LogP contribution is 2.20. The summed E-state index contributed by atoms with van der Waals surface area (Å²) in [5.74, 6) is 0.0908. The van der Waals surface area contributed by atoms with Crippen LogP contribution in [0.25, 0.3) is 0 Å². The van der Waals surface area contributed by atoms with Gasteiger partial charge in [-0.1, -0.05) is 11.6 Å². The lowest BCUT2D eigenvalue weighted by Crippen LogP contribution is -2.36. The summed E-state index contributed by atoms with van der Waals surface area (Å²) in [4.78, 5) is 14.1. The Morgan fingerprint density at radius 2 is 2.06 bits per heavy atom. The molecule has 0 aliphatic carbocycles. The summed E-state index contributed by atoms with van der Waals surface area (Å²) < 4.78 is 0.863. The van der Waals surface area contributed by atoms with Gasteiger partial charge in [0.05, 0.1) is 5.56 Å². The quantitative estimate of drug-likeness (QED) is 0.830. The molecule has 0 aliphatic rings. The maximum Gasteiger partial charge on any atom is 0.255 e. The maximum atomic E-state index is 12.3. The van der Waals surface area contributed by atoms with Crippen LogP contribution in [-0.4, -0.2) is 23.4 Å². The highest BCUT2D eigenvalue weighted by atomic mass is 79.9. The smallest absolute Gasteiger partial charge is 0.255 e. The number of carbonyl (C=O) groups is 1. The highest BCUT2D eigenvalue weighted by Gasteiger charge is 2.19. The standard InChI is InChI=1S/C13H18BrNO/c1-5-15(9(2)3)13(16)11-8-10(4)6-7-12(11)14/h6-9H,5H2,1-4H3. The summed E-state index contributed by atoms with van der Waals surface area (Å²) in [6, 6.07) is 6.07. The minimum Gasteiger partial charge on any atom is -0.336 e. The summed E-state index contributed by atoms with van der Waals surface area (Å²) in [5, 5.41) is 0. The number of rotatable bonds is 3. The predicted octanol–water partition coefficient (Wildman–Crippen LogP) is 3.63. The van der Waals surface area contributed by atoms with E-state index in [-0.39, 0.29) is 11.9 Å². The molecule has 0 unspecified atom stereocenters. The highest BCUT2D eigenvalue weighted by molar-refractivity contribution is 9.10. The van der Waals surface area contributed by atoms with E-state index in [1.165, 1.54) is 0 Å². The first-order chi connectivity index (χ1) is 7.47. The van der Waals surface area contributed by atoms with E-state index < -0.39 is 0 Å². The summed E-state index contributed by atoms with van der Waals surface area (Å²) in [7, 11) is 0. The molecular weight excluding hydrogens is 266 g/mol. The van der Waals surface area contributed by atoms with Crippen molar-refractivity contribution < 1.29 is 4.79 Å². The second-order valence-corrected chi connectivity index (χ2v) is 5.02. The van der Waals surface area contributed by atoms with E-state index in [1.54, 1.807) is 0 Å².